The average Bonchev–Trinajstić information content (AvgIpc) is 3.27. The molecule has 0 aliphatic carbocycles. The summed E-state index contributed by atoms with van der Waals surface area (Å²) in [6.45, 7) is 0.862. The number of thioether (sulfide) groups is 2. The van der Waals surface area contributed by atoms with Crippen molar-refractivity contribution >= 4 is 63.2 Å². The summed E-state index contributed by atoms with van der Waals surface area (Å²) in [5, 5.41) is 6.64. The van der Waals surface area contributed by atoms with Crippen LogP contribution < -0.4 is 15.5 Å². The zero-order valence-electron chi connectivity index (χ0n) is 16.1. The van der Waals surface area contributed by atoms with Gasteiger partial charge in [-0.25, -0.2) is 5.43 Å². The summed E-state index contributed by atoms with van der Waals surface area (Å²) in [5.74, 6) is 0.749. The summed E-state index contributed by atoms with van der Waals surface area (Å²) in [6, 6.07) is 12.2. The molecule has 0 bridgehead atoms. The minimum atomic E-state index is -0.897. The first-order valence-corrected chi connectivity index (χ1v) is 11.3. The van der Waals surface area contributed by atoms with Crippen LogP contribution in [-0.2, 0) is 15.3 Å². The van der Waals surface area contributed by atoms with Gasteiger partial charge in [-0.05, 0) is 35.9 Å². The molecule has 0 atom stereocenters. The van der Waals surface area contributed by atoms with Crippen molar-refractivity contribution in [2.45, 2.75) is 5.75 Å². The number of nitrogens with one attached hydrogen (secondary N) is 2. The van der Waals surface area contributed by atoms with Gasteiger partial charge >= 0.3 is 11.8 Å². The number of aliphatic imine (C=N–C) groups is 1. The molecule has 0 fully saturated rings. The third-order valence-corrected chi connectivity index (χ3v) is 6.55. The maximum atomic E-state index is 12.0. The number of hydrogen-bond acceptors (Lipinski definition) is 7. The fraction of sp³-hybridized carbons (Fsp3) is 0.200. The highest BCUT2D eigenvalue weighted by atomic mass is 35.5. The van der Waals surface area contributed by atoms with Crippen LogP contribution in [-0.4, -0.2) is 41.8 Å². The van der Waals surface area contributed by atoms with Crippen molar-refractivity contribution in [3.05, 3.63) is 58.6 Å². The molecule has 0 saturated carbocycles. The van der Waals surface area contributed by atoms with Crippen molar-refractivity contribution < 1.29 is 14.3 Å². The molecule has 0 radical (unpaired) electrons. The molecule has 30 heavy (non-hydrogen) atoms. The first-order chi connectivity index (χ1) is 14.6. The van der Waals surface area contributed by atoms with E-state index in [2.05, 4.69) is 20.8 Å². The van der Waals surface area contributed by atoms with Gasteiger partial charge in [-0.2, -0.15) is 5.10 Å². The molecule has 2 aromatic carbocycles. The Morgan fingerprint density at radius 1 is 1.30 bits per heavy atom. The molecule has 2 N–H and O–H groups in total. The van der Waals surface area contributed by atoms with Crippen molar-refractivity contribution in [3.8, 4) is 5.75 Å². The largest absolute Gasteiger partial charge is 0.496 e. The summed E-state index contributed by atoms with van der Waals surface area (Å²) >= 11 is 9.38. The van der Waals surface area contributed by atoms with Gasteiger partial charge < -0.3 is 10.1 Å². The smallest absolute Gasteiger partial charge is 0.329 e. The van der Waals surface area contributed by atoms with E-state index < -0.39 is 11.8 Å². The number of methoxy groups -OCH3 is 1. The summed E-state index contributed by atoms with van der Waals surface area (Å²) in [7, 11) is 1.62. The van der Waals surface area contributed by atoms with E-state index in [1.807, 2.05) is 18.2 Å². The van der Waals surface area contributed by atoms with Crippen molar-refractivity contribution in [2.75, 3.05) is 24.7 Å². The standard InChI is InChI=1S/C20H19ClN4O3S2/c1-28-17-7-6-13(10-14(17)12-30-20-22-8-9-29-20)11-23-25-19(27)18(26)24-16-5-3-2-4-15(16)21/h2-7,10-11H,8-9,12H2,1H3,(H,24,26)(H,25,27)/b23-11+. The SMILES string of the molecule is COc1ccc(/C=N/NC(=O)C(=O)Nc2ccccc2Cl)cc1CSC1=NCCS1. The molecule has 156 valence electrons. The second-order valence-electron chi connectivity index (χ2n) is 5.99. The number of nitrogens with zero attached hydrogens (tertiary/aromatic N) is 2. The van der Waals surface area contributed by atoms with Crippen LogP contribution in [0.3, 0.4) is 0 Å². The molecule has 1 heterocycles. The summed E-state index contributed by atoms with van der Waals surface area (Å²) < 4.78 is 6.49. The van der Waals surface area contributed by atoms with E-state index in [1.165, 1.54) is 6.21 Å². The molecule has 1 aliphatic heterocycles. The average molecular weight is 463 g/mol. The van der Waals surface area contributed by atoms with Crippen molar-refractivity contribution in [2.24, 2.45) is 10.1 Å². The molecule has 0 saturated heterocycles. The Kier molecular flexibility index (Phi) is 8.18. The molecule has 10 heteroatoms. The second kappa shape index (κ2) is 11.1. The van der Waals surface area contributed by atoms with Crippen LogP contribution in [0, 0.1) is 0 Å². The lowest BCUT2D eigenvalue weighted by molar-refractivity contribution is -0.136. The number of para-hydroxylation sites is 1. The lowest BCUT2D eigenvalue weighted by Gasteiger charge is -2.09. The lowest BCUT2D eigenvalue weighted by atomic mass is 10.1. The van der Waals surface area contributed by atoms with E-state index in [0.29, 0.717) is 16.5 Å². The van der Waals surface area contributed by atoms with Gasteiger partial charge in [0, 0.05) is 17.1 Å². The fourth-order valence-corrected chi connectivity index (χ4v) is 4.66. The molecule has 0 spiro atoms. The highest BCUT2D eigenvalue weighted by Crippen LogP contribution is 2.29. The Balaban J connectivity index is 1.58. The third-order valence-electron chi connectivity index (χ3n) is 3.92. The van der Waals surface area contributed by atoms with Gasteiger partial charge in [-0.15, -0.1) is 0 Å². The fourth-order valence-electron chi connectivity index (χ4n) is 2.49. The minimum Gasteiger partial charge on any atom is -0.496 e. The van der Waals surface area contributed by atoms with Gasteiger partial charge in [0.05, 0.1) is 30.6 Å². The molecule has 2 amide bonds. The Bertz CT molecular complexity index is 998. The number of anilines is 1. The lowest BCUT2D eigenvalue weighted by Crippen LogP contribution is -2.32. The first-order valence-electron chi connectivity index (χ1n) is 8.92. The van der Waals surface area contributed by atoms with E-state index in [4.69, 9.17) is 16.3 Å². The normalized spacial score (nSPS) is 13.2. The zero-order chi connectivity index (χ0) is 21.3. The number of hydrazone groups is 1. The number of amides is 2. The Labute approximate surface area is 187 Å². The van der Waals surface area contributed by atoms with E-state index in [1.54, 1.807) is 54.9 Å². The molecular formula is C20H19ClN4O3S2. The van der Waals surface area contributed by atoms with Crippen LogP contribution in [0.5, 0.6) is 5.75 Å². The van der Waals surface area contributed by atoms with E-state index >= 15 is 0 Å². The molecule has 3 rings (SSSR count). The topological polar surface area (TPSA) is 92.1 Å². The van der Waals surface area contributed by atoms with Gasteiger partial charge in [0.25, 0.3) is 0 Å². The van der Waals surface area contributed by atoms with Crippen LogP contribution in [0.15, 0.2) is 52.6 Å². The molecule has 2 aromatic rings. The van der Waals surface area contributed by atoms with Crippen LogP contribution >= 0.6 is 35.1 Å². The first kappa shape index (κ1) is 22.2. The molecule has 7 nitrogen and oxygen atoms in total. The number of ether oxygens (including phenoxy) is 1. The number of carbonyl (C=O) groups excluding carboxylic acids is 2. The molecule has 1 aliphatic rings. The Morgan fingerprint density at radius 2 is 2.13 bits per heavy atom. The summed E-state index contributed by atoms with van der Waals surface area (Å²) in [6.07, 6.45) is 1.47. The van der Waals surface area contributed by atoms with Crippen LogP contribution in [0.2, 0.25) is 5.02 Å². The molecule has 0 unspecified atom stereocenters. The maximum Gasteiger partial charge on any atom is 0.329 e. The predicted octanol–water partition coefficient (Wildman–Crippen LogP) is 3.77. The van der Waals surface area contributed by atoms with Crippen LogP contribution in [0.1, 0.15) is 11.1 Å². The second-order valence-corrected chi connectivity index (χ2v) is 8.70. The van der Waals surface area contributed by atoms with Gasteiger partial charge in [-0.3, -0.25) is 14.6 Å². The van der Waals surface area contributed by atoms with Gasteiger partial charge in [0.2, 0.25) is 0 Å². The van der Waals surface area contributed by atoms with Gasteiger partial charge in [0.15, 0.2) is 0 Å². The maximum absolute atomic E-state index is 12.0. The highest BCUT2D eigenvalue weighted by molar-refractivity contribution is 8.38. The van der Waals surface area contributed by atoms with E-state index in [-0.39, 0.29) is 0 Å². The number of carbonyl (C=O) groups is 2. The highest BCUT2D eigenvalue weighted by Gasteiger charge is 2.14. The van der Waals surface area contributed by atoms with Crippen molar-refractivity contribution in [3.63, 3.8) is 0 Å². The monoisotopic (exact) mass is 462 g/mol. The number of hydrogen-bond donors (Lipinski definition) is 2. The zero-order valence-corrected chi connectivity index (χ0v) is 18.4. The van der Waals surface area contributed by atoms with E-state index in [0.717, 1.165) is 33.5 Å². The summed E-state index contributed by atoms with van der Waals surface area (Å²) in [4.78, 5) is 28.3. The van der Waals surface area contributed by atoms with Gasteiger partial charge in [0.1, 0.15) is 10.1 Å². The minimum absolute atomic E-state index is 0.341. The quantitative estimate of drug-likeness (QED) is 0.387. The van der Waals surface area contributed by atoms with Crippen LogP contribution in [0.4, 0.5) is 5.69 Å². The Morgan fingerprint density at radius 3 is 2.87 bits per heavy atom. The molecular weight excluding hydrogens is 444 g/mol. The van der Waals surface area contributed by atoms with Crippen molar-refractivity contribution in [1.82, 2.24) is 5.43 Å². The Hall–Kier alpha value is -2.49. The van der Waals surface area contributed by atoms with Gasteiger partial charge in [-0.1, -0.05) is 47.3 Å². The third kappa shape index (κ3) is 6.25. The summed E-state index contributed by atoms with van der Waals surface area (Å²) in [5.41, 5.74) is 4.32. The van der Waals surface area contributed by atoms with E-state index in [9.17, 15) is 9.59 Å². The van der Waals surface area contributed by atoms with Crippen LogP contribution in [0.25, 0.3) is 0 Å². The number of benzene rings is 2. The van der Waals surface area contributed by atoms with Crippen molar-refractivity contribution in [1.29, 1.82) is 0 Å². The number of rotatable bonds is 6. The molecule has 0 aromatic heterocycles. The predicted molar refractivity (Wildman–Crippen MR) is 125 cm³/mol. The number of halogens is 1.